The fourth-order valence-electron chi connectivity index (χ4n) is 3.97. The molecule has 0 radical (unpaired) electrons. The number of amides is 3. The number of benzene rings is 1. The molecule has 1 aromatic carbocycles. The molecule has 0 aromatic heterocycles. The van der Waals surface area contributed by atoms with E-state index in [0.717, 1.165) is 25.9 Å². The molecule has 0 atom stereocenters. The van der Waals surface area contributed by atoms with Crippen LogP contribution in [0.4, 0.5) is 10.5 Å². The topological polar surface area (TPSA) is 61.9 Å². The highest BCUT2D eigenvalue weighted by molar-refractivity contribution is 5.97. The molecule has 0 unspecified atom stereocenters. The summed E-state index contributed by atoms with van der Waals surface area (Å²) < 4.78 is 6.03. The van der Waals surface area contributed by atoms with Crippen molar-refractivity contribution in [1.29, 1.82) is 0 Å². The van der Waals surface area contributed by atoms with E-state index in [0.29, 0.717) is 24.3 Å². The van der Waals surface area contributed by atoms with Crippen LogP contribution >= 0.6 is 0 Å². The van der Waals surface area contributed by atoms with E-state index in [-0.39, 0.29) is 11.9 Å². The number of likely N-dealkylation sites (tertiary alicyclic amines) is 1. The molecule has 0 spiro atoms. The maximum absolute atomic E-state index is 12.7. The van der Waals surface area contributed by atoms with E-state index in [4.69, 9.17) is 4.74 Å². The number of nitrogens with zero attached hydrogens (tertiary/aromatic N) is 2. The summed E-state index contributed by atoms with van der Waals surface area (Å²) in [6.07, 6.45) is 2.12. The van der Waals surface area contributed by atoms with Gasteiger partial charge in [-0.15, -0.1) is 0 Å². The van der Waals surface area contributed by atoms with Crippen LogP contribution < -0.4 is 5.32 Å². The normalized spacial score (nSPS) is 21.5. The monoisotopic (exact) mass is 359 g/mol. The van der Waals surface area contributed by atoms with Crippen molar-refractivity contribution < 1.29 is 14.3 Å². The number of urea groups is 1. The summed E-state index contributed by atoms with van der Waals surface area (Å²) in [6.45, 7) is 10.6. The zero-order valence-electron chi connectivity index (χ0n) is 16.2. The number of ether oxygens (including phenoxy) is 1. The molecule has 1 N–H and O–H groups in total. The van der Waals surface area contributed by atoms with Gasteiger partial charge in [0.05, 0.1) is 24.3 Å². The summed E-state index contributed by atoms with van der Waals surface area (Å²) in [7, 11) is 0. The fourth-order valence-corrected chi connectivity index (χ4v) is 3.97. The Morgan fingerprint density at radius 3 is 2.23 bits per heavy atom. The number of hydrogen-bond donors (Lipinski definition) is 1. The van der Waals surface area contributed by atoms with Gasteiger partial charge in [0, 0.05) is 24.3 Å². The summed E-state index contributed by atoms with van der Waals surface area (Å²) in [6, 6.07) is 7.02. The van der Waals surface area contributed by atoms with Crippen LogP contribution in [0.1, 0.15) is 50.9 Å². The van der Waals surface area contributed by atoms with Crippen LogP contribution in [0.5, 0.6) is 0 Å². The first-order valence-electron chi connectivity index (χ1n) is 9.31. The van der Waals surface area contributed by atoms with E-state index in [2.05, 4.69) is 5.32 Å². The summed E-state index contributed by atoms with van der Waals surface area (Å²) >= 11 is 0. The molecule has 142 valence electrons. The van der Waals surface area contributed by atoms with Gasteiger partial charge in [-0.2, -0.15) is 0 Å². The first-order chi connectivity index (χ1) is 12.2. The standard InChI is InChI=1S/C20H29N3O3/c1-19(2)13-23(14-20(3,4)26-19)18(25)21-16-9-7-8-15(12-16)17(24)22-10-5-6-11-22/h7-9,12H,5-6,10-11,13-14H2,1-4H3,(H,21,25). The number of rotatable bonds is 2. The average molecular weight is 359 g/mol. The lowest BCUT2D eigenvalue weighted by atomic mass is 9.99. The molecule has 26 heavy (non-hydrogen) atoms. The van der Waals surface area contributed by atoms with E-state index in [1.807, 2.05) is 44.7 Å². The van der Waals surface area contributed by atoms with E-state index in [1.165, 1.54) is 0 Å². The first kappa shape index (κ1) is 18.7. The Hall–Kier alpha value is -2.08. The quantitative estimate of drug-likeness (QED) is 0.881. The van der Waals surface area contributed by atoms with Crippen molar-refractivity contribution in [2.45, 2.75) is 51.7 Å². The van der Waals surface area contributed by atoms with Crippen LogP contribution in [-0.4, -0.2) is 59.1 Å². The van der Waals surface area contributed by atoms with Crippen molar-refractivity contribution in [2.24, 2.45) is 0 Å². The molecule has 0 bridgehead atoms. The lowest BCUT2D eigenvalue weighted by molar-refractivity contribution is -0.169. The van der Waals surface area contributed by atoms with Crippen molar-refractivity contribution in [1.82, 2.24) is 9.80 Å². The van der Waals surface area contributed by atoms with E-state index >= 15 is 0 Å². The Labute approximate surface area is 155 Å². The Bertz CT molecular complexity index is 677. The third kappa shape index (κ3) is 4.36. The van der Waals surface area contributed by atoms with Crippen LogP contribution in [0.25, 0.3) is 0 Å². The number of carbonyl (C=O) groups is 2. The number of anilines is 1. The van der Waals surface area contributed by atoms with Crippen molar-refractivity contribution >= 4 is 17.6 Å². The van der Waals surface area contributed by atoms with Crippen LogP contribution in [-0.2, 0) is 4.74 Å². The molecule has 3 rings (SSSR count). The number of morpholine rings is 1. The van der Waals surface area contributed by atoms with Gasteiger partial charge in [0.15, 0.2) is 0 Å². The molecule has 3 amide bonds. The second-order valence-electron chi connectivity index (χ2n) is 8.49. The molecule has 6 heteroatoms. The van der Waals surface area contributed by atoms with E-state index in [1.54, 1.807) is 17.0 Å². The highest BCUT2D eigenvalue weighted by Crippen LogP contribution is 2.28. The predicted molar refractivity (Wildman–Crippen MR) is 101 cm³/mol. The second kappa shape index (κ2) is 6.91. The smallest absolute Gasteiger partial charge is 0.322 e. The molecular formula is C20H29N3O3. The summed E-state index contributed by atoms with van der Waals surface area (Å²) in [5.41, 5.74) is 0.466. The minimum absolute atomic E-state index is 0.0345. The van der Waals surface area contributed by atoms with Gasteiger partial charge in [-0.25, -0.2) is 4.79 Å². The summed E-state index contributed by atoms with van der Waals surface area (Å²) in [5.74, 6) is 0.0345. The van der Waals surface area contributed by atoms with Gasteiger partial charge in [-0.3, -0.25) is 4.79 Å². The number of carbonyl (C=O) groups excluding carboxylic acids is 2. The third-order valence-electron chi connectivity index (χ3n) is 4.74. The Balaban J connectivity index is 1.69. The Morgan fingerprint density at radius 2 is 1.62 bits per heavy atom. The minimum Gasteiger partial charge on any atom is -0.366 e. The summed E-state index contributed by atoms with van der Waals surface area (Å²) in [5, 5.41) is 2.93. The van der Waals surface area contributed by atoms with Gasteiger partial charge < -0.3 is 19.9 Å². The van der Waals surface area contributed by atoms with E-state index < -0.39 is 11.2 Å². The molecule has 2 heterocycles. The average Bonchev–Trinajstić information content (AvgIpc) is 3.06. The van der Waals surface area contributed by atoms with Gasteiger partial charge >= 0.3 is 6.03 Å². The minimum atomic E-state index is -0.396. The van der Waals surface area contributed by atoms with Crippen LogP contribution in [0.15, 0.2) is 24.3 Å². The van der Waals surface area contributed by atoms with Gasteiger partial charge in [-0.1, -0.05) is 6.07 Å². The van der Waals surface area contributed by atoms with Gasteiger partial charge in [0.1, 0.15) is 0 Å². The number of nitrogens with one attached hydrogen (secondary N) is 1. The first-order valence-corrected chi connectivity index (χ1v) is 9.31. The number of hydrogen-bond acceptors (Lipinski definition) is 3. The van der Waals surface area contributed by atoms with Crippen molar-refractivity contribution in [2.75, 3.05) is 31.5 Å². The van der Waals surface area contributed by atoms with Crippen LogP contribution in [0.3, 0.4) is 0 Å². The largest absolute Gasteiger partial charge is 0.366 e. The van der Waals surface area contributed by atoms with Gasteiger partial charge in [0.2, 0.25) is 0 Å². The lowest BCUT2D eigenvalue weighted by Gasteiger charge is -2.46. The Kier molecular flexibility index (Phi) is 4.97. The maximum Gasteiger partial charge on any atom is 0.322 e. The second-order valence-corrected chi connectivity index (χ2v) is 8.49. The predicted octanol–water partition coefficient (Wildman–Crippen LogP) is 3.34. The van der Waals surface area contributed by atoms with Crippen molar-refractivity contribution in [3.05, 3.63) is 29.8 Å². The molecule has 2 aliphatic rings. The maximum atomic E-state index is 12.7. The highest BCUT2D eigenvalue weighted by atomic mass is 16.5. The van der Waals surface area contributed by atoms with Crippen LogP contribution in [0.2, 0.25) is 0 Å². The summed E-state index contributed by atoms with van der Waals surface area (Å²) in [4.78, 5) is 28.9. The van der Waals surface area contributed by atoms with Gasteiger partial charge in [-0.05, 0) is 58.7 Å². The molecular weight excluding hydrogens is 330 g/mol. The lowest BCUT2D eigenvalue weighted by Crippen LogP contribution is -2.59. The fraction of sp³-hybridized carbons (Fsp3) is 0.600. The van der Waals surface area contributed by atoms with E-state index in [9.17, 15) is 9.59 Å². The van der Waals surface area contributed by atoms with Crippen molar-refractivity contribution in [3.63, 3.8) is 0 Å². The molecule has 0 saturated carbocycles. The molecule has 2 fully saturated rings. The molecule has 0 aliphatic carbocycles. The molecule has 2 saturated heterocycles. The molecule has 6 nitrogen and oxygen atoms in total. The molecule has 1 aromatic rings. The van der Waals surface area contributed by atoms with Crippen molar-refractivity contribution in [3.8, 4) is 0 Å². The third-order valence-corrected chi connectivity index (χ3v) is 4.74. The van der Waals surface area contributed by atoms with Gasteiger partial charge in [0.25, 0.3) is 5.91 Å². The zero-order valence-corrected chi connectivity index (χ0v) is 16.2. The highest BCUT2D eigenvalue weighted by Gasteiger charge is 2.40. The zero-order chi connectivity index (χ0) is 18.9. The Morgan fingerprint density at radius 1 is 1.00 bits per heavy atom. The SMILES string of the molecule is CC1(C)CN(C(=O)Nc2cccc(C(=O)N3CCCC3)c2)CC(C)(C)O1. The molecule has 2 aliphatic heterocycles. The van der Waals surface area contributed by atoms with Crippen LogP contribution in [0, 0.1) is 0 Å².